The first-order valence-corrected chi connectivity index (χ1v) is 11.9. The van der Waals surface area contributed by atoms with Gasteiger partial charge in [0.25, 0.3) is 5.56 Å². The topological polar surface area (TPSA) is 72.4 Å². The Labute approximate surface area is 203 Å². The van der Waals surface area contributed by atoms with E-state index in [1.165, 1.54) is 28.8 Å². The van der Waals surface area contributed by atoms with Gasteiger partial charge < -0.3 is 9.52 Å². The summed E-state index contributed by atoms with van der Waals surface area (Å²) in [6.45, 7) is 0. The monoisotopic (exact) mass is 483 g/mol. The van der Waals surface area contributed by atoms with Gasteiger partial charge in [-0.3, -0.25) is 9.36 Å². The zero-order chi connectivity index (χ0) is 24.1. The first-order valence-electron chi connectivity index (χ1n) is 11.1. The Hall–Kier alpha value is -4.10. The number of rotatable bonds is 3. The van der Waals surface area contributed by atoms with Crippen molar-refractivity contribution in [2.45, 2.75) is 22.6 Å². The van der Waals surface area contributed by atoms with Crippen molar-refractivity contribution in [2.75, 3.05) is 0 Å². The van der Waals surface area contributed by atoms with Crippen LogP contribution in [-0.2, 0) is 12.8 Å². The fourth-order valence-electron chi connectivity index (χ4n) is 4.65. The Balaban J connectivity index is 1.72. The number of fused-ring (bicyclic) bond motifs is 5. The van der Waals surface area contributed by atoms with Gasteiger partial charge in [0, 0.05) is 21.7 Å². The molecule has 2 heterocycles. The van der Waals surface area contributed by atoms with Crippen LogP contribution in [0, 0.1) is 5.82 Å². The third-order valence-electron chi connectivity index (χ3n) is 6.22. The van der Waals surface area contributed by atoms with Gasteiger partial charge in [-0.2, -0.15) is 0 Å². The molecule has 3 aromatic carbocycles. The lowest BCUT2D eigenvalue weighted by Gasteiger charge is -2.25. The van der Waals surface area contributed by atoms with E-state index in [1.807, 2.05) is 42.5 Å². The van der Waals surface area contributed by atoms with Crippen LogP contribution in [0.1, 0.15) is 11.1 Å². The molecule has 5 nitrogen and oxygen atoms in total. The van der Waals surface area contributed by atoms with E-state index in [-0.39, 0.29) is 15.9 Å². The highest BCUT2D eigenvalue weighted by atomic mass is 32.2. The van der Waals surface area contributed by atoms with Crippen molar-refractivity contribution in [1.29, 1.82) is 0 Å². The second-order valence-electron chi connectivity index (χ2n) is 8.29. The first kappa shape index (κ1) is 21.4. The number of hydrogen-bond acceptors (Lipinski definition) is 5. The van der Waals surface area contributed by atoms with E-state index in [9.17, 15) is 19.1 Å². The summed E-state index contributed by atoms with van der Waals surface area (Å²) in [6.07, 6.45) is 1.20. The molecule has 172 valence electrons. The van der Waals surface area contributed by atoms with Crippen LogP contribution >= 0.6 is 11.8 Å². The van der Waals surface area contributed by atoms with E-state index in [1.54, 1.807) is 12.1 Å². The van der Waals surface area contributed by atoms with E-state index >= 15 is 0 Å². The number of hydrogen-bond donors (Lipinski definition) is 1. The molecule has 0 saturated carbocycles. The molecule has 0 amide bonds. The molecule has 0 aliphatic heterocycles. The zero-order valence-corrected chi connectivity index (χ0v) is 19.1. The Morgan fingerprint density at radius 2 is 1.60 bits per heavy atom. The molecule has 1 aliphatic carbocycles. The Morgan fingerprint density at radius 1 is 0.886 bits per heavy atom. The first-order chi connectivity index (χ1) is 17.0. The Morgan fingerprint density at radius 3 is 2.37 bits per heavy atom. The highest BCUT2D eigenvalue weighted by Gasteiger charge is 2.29. The molecule has 0 radical (unpaired) electrons. The minimum atomic E-state index is -0.705. The van der Waals surface area contributed by atoms with Gasteiger partial charge in [0.05, 0.1) is 5.69 Å². The largest absolute Gasteiger partial charge is 0.505 e. The molecule has 1 aliphatic rings. The van der Waals surface area contributed by atoms with Crippen LogP contribution in [-0.4, -0.2) is 9.67 Å². The fourth-order valence-corrected chi connectivity index (χ4v) is 5.50. The van der Waals surface area contributed by atoms with Crippen molar-refractivity contribution in [3.05, 3.63) is 117 Å². The molecule has 0 atom stereocenters. The van der Waals surface area contributed by atoms with Gasteiger partial charge in [-0.15, -0.1) is 0 Å². The summed E-state index contributed by atoms with van der Waals surface area (Å²) in [4.78, 5) is 27.6. The van der Waals surface area contributed by atoms with Crippen LogP contribution < -0.4 is 11.2 Å². The molecular formula is C28H18FNO4S. The average molecular weight is 484 g/mol. The van der Waals surface area contributed by atoms with Crippen molar-refractivity contribution in [3.8, 4) is 22.7 Å². The van der Waals surface area contributed by atoms with Crippen LogP contribution in [0.5, 0.6) is 5.75 Å². The predicted octanol–water partition coefficient (Wildman–Crippen LogP) is 5.71. The zero-order valence-electron chi connectivity index (χ0n) is 18.3. The average Bonchev–Trinajstić information content (AvgIpc) is 2.88. The molecule has 0 unspecified atom stereocenters. The summed E-state index contributed by atoms with van der Waals surface area (Å²) in [5, 5.41) is 11.2. The van der Waals surface area contributed by atoms with Crippen molar-refractivity contribution >= 4 is 22.7 Å². The van der Waals surface area contributed by atoms with Gasteiger partial charge >= 0.3 is 5.63 Å². The third-order valence-corrected chi connectivity index (χ3v) is 7.30. The lowest BCUT2D eigenvalue weighted by atomic mass is 9.87. The number of aromatic nitrogens is 1. The van der Waals surface area contributed by atoms with E-state index in [4.69, 9.17) is 4.42 Å². The highest BCUT2D eigenvalue weighted by Crippen LogP contribution is 2.41. The quantitative estimate of drug-likeness (QED) is 0.356. The van der Waals surface area contributed by atoms with Gasteiger partial charge in [0.2, 0.25) is 0 Å². The van der Waals surface area contributed by atoms with Crippen LogP contribution in [0.2, 0.25) is 0 Å². The normalized spacial score (nSPS) is 12.4. The van der Waals surface area contributed by atoms with E-state index in [0.29, 0.717) is 29.8 Å². The molecule has 0 fully saturated rings. The summed E-state index contributed by atoms with van der Waals surface area (Å²) in [5.41, 5.74) is 2.43. The maximum absolute atomic E-state index is 14.0. The molecule has 35 heavy (non-hydrogen) atoms. The van der Waals surface area contributed by atoms with E-state index in [0.717, 1.165) is 27.8 Å². The maximum atomic E-state index is 14.0. The molecule has 5 aromatic rings. The van der Waals surface area contributed by atoms with Crippen LogP contribution in [0.3, 0.4) is 0 Å². The number of benzene rings is 3. The molecule has 6 rings (SSSR count). The second kappa shape index (κ2) is 8.29. The van der Waals surface area contributed by atoms with Gasteiger partial charge in [0.15, 0.2) is 11.3 Å². The van der Waals surface area contributed by atoms with Gasteiger partial charge in [-0.05, 0) is 54.8 Å². The lowest BCUT2D eigenvalue weighted by Crippen LogP contribution is -2.25. The summed E-state index contributed by atoms with van der Waals surface area (Å²) < 4.78 is 20.9. The van der Waals surface area contributed by atoms with Crippen molar-refractivity contribution in [2.24, 2.45) is 0 Å². The summed E-state index contributed by atoms with van der Waals surface area (Å²) in [5.74, 6) is -0.833. The minimum absolute atomic E-state index is 0.0531. The van der Waals surface area contributed by atoms with E-state index in [2.05, 4.69) is 0 Å². The number of nitrogens with zero attached hydrogens (tertiary/aromatic N) is 1. The van der Waals surface area contributed by atoms with Crippen LogP contribution in [0.15, 0.2) is 103 Å². The van der Waals surface area contributed by atoms with Gasteiger partial charge in [-0.25, -0.2) is 9.18 Å². The number of aryl methyl sites for hydroxylation is 2. The smallest absolute Gasteiger partial charge is 0.354 e. The van der Waals surface area contributed by atoms with Gasteiger partial charge in [0.1, 0.15) is 16.1 Å². The van der Waals surface area contributed by atoms with Crippen molar-refractivity contribution < 1.29 is 13.9 Å². The van der Waals surface area contributed by atoms with Crippen molar-refractivity contribution in [1.82, 2.24) is 4.57 Å². The third kappa shape index (κ3) is 3.47. The SMILES string of the molecule is O=c1oc2c3c(n(-c4ccc(F)cc4)c(=O)c2c(O)c1Sc1ccccc1)-c1ccccc1CC3. The molecule has 0 saturated heterocycles. The molecular weight excluding hydrogens is 465 g/mol. The number of aromatic hydroxyl groups is 1. The molecule has 2 aromatic heterocycles. The number of halogens is 1. The Bertz CT molecular complexity index is 1720. The van der Waals surface area contributed by atoms with Gasteiger partial charge in [-0.1, -0.05) is 54.2 Å². The van der Waals surface area contributed by atoms with Crippen molar-refractivity contribution in [3.63, 3.8) is 0 Å². The standard InChI is InChI=1S/C28H18FNO4S/c29-17-11-13-18(14-12-17)30-23-20-9-5-4-6-16(20)10-15-21(23)25-22(27(30)32)24(31)26(28(33)34-25)35-19-7-2-1-3-8-19/h1-9,11-14,31H,10,15H2. The fraction of sp³-hybridized carbons (Fsp3) is 0.0714. The molecule has 7 heteroatoms. The molecule has 0 bridgehead atoms. The predicted molar refractivity (Wildman–Crippen MR) is 133 cm³/mol. The highest BCUT2D eigenvalue weighted by molar-refractivity contribution is 7.99. The molecule has 1 N–H and O–H groups in total. The summed E-state index contributed by atoms with van der Waals surface area (Å²) in [7, 11) is 0. The summed E-state index contributed by atoms with van der Waals surface area (Å²) in [6, 6.07) is 22.4. The minimum Gasteiger partial charge on any atom is -0.505 e. The molecule has 0 spiro atoms. The Kier molecular flexibility index (Phi) is 5.07. The maximum Gasteiger partial charge on any atom is 0.354 e. The van der Waals surface area contributed by atoms with Crippen LogP contribution in [0.25, 0.3) is 27.9 Å². The van der Waals surface area contributed by atoms with Crippen LogP contribution in [0.4, 0.5) is 4.39 Å². The van der Waals surface area contributed by atoms with E-state index < -0.39 is 22.8 Å². The second-order valence-corrected chi connectivity index (χ2v) is 9.37. The number of pyridine rings is 1. The summed E-state index contributed by atoms with van der Waals surface area (Å²) >= 11 is 1.04. The lowest BCUT2D eigenvalue weighted by molar-refractivity contribution is 0.445.